The van der Waals surface area contributed by atoms with Crippen molar-refractivity contribution in [1.29, 1.82) is 0 Å². The second kappa shape index (κ2) is 6.72. The third-order valence-electron chi connectivity index (χ3n) is 7.19. The van der Waals surface area contributed by atoms with E-state index in [0.717, 1.165) is 17.2 Å². The zero-order valence-corrected chi connectivity index (χ0v) is 17.6. The molecule has 0 saturated heterocycles. The molecule has 2 amide bonds. The average Bonchev–Trinajstić information content (AvgIpc) is 2.99. The van der Waals surface area contributed by atoms with Crippen LogP contribution in [0.3, 0.4) is 0 Å². The smallest absolute Gasteiger partial charge is 0.265 e. The van der Waals surface area contributed by atoms with E-state index in [1.807, 2.05) is 38.1 Å². The van der Waals surface area contributed by atoms with Gasteiger partial charge in [-0.2, -0.15) is 8.42 Å². The van der Waals surface area contributed by atoms with Gasteiger partial charge in [-0.3, -0.25) is 24.3 Å². The molecule has 158 valence electrons. The Morgan fingerprint density at radius 1 is 1.03 bits per heavy atom. The van der Waals surface area contributed by atoms with Crippen LogP contribution in [0.4, 0.5) is 0 Å². The van der Waals surface area contributed by atoms with Gasteiger partial charge in [-0.1, -0.05) is 38.1 Å². The third kappa shape index (κ3) is 3.06. The van der Waals surface area contributed by atoms with Crippen molar-refractivity contribution in [2.24, 2.45) is 16.7 Å². The molecule has 2 atom stereocenters. The maximum atomic E-state index is 11.9. The molecule has 1 heterocycles. The Labute approximate surface area is 174 Å². The van der Waals surface area contributed by atoms with Crippen molar-refractivity contribution in [2.75, 3.05) is 5.75 Å². The fourth-order valence-corrected chi connectivity index (χ4v) is 6.68. The number of hydrogen-bond acceptors (Lipinski definition) is 5. The summed E-state index contributed by atoms with van der Waals surface area (Å²) < 4.78 is 31.0. The number of amides is 2. The Kier molecular flexibility index (Phi) is 4.63. The molecule has 2 aliphatic carbocycles. The van der Waals surface area contributed by atoms with Gasteiger partial charge < -0.3 is 0 Å². The summed E-state index contributed by atoms with van der Waals surface area (Å²) >= 11 is 0. The number of nitrogens with one attached hydrogen (secondary N) is 1. The predicted molar refractivity (Wildman–Crippen MR) is 111 cm³/mol. The van der Waals surface area contributed by atoms with Crippen LogP contribution in [0.15, 0.2) is 36.4 Å². The van der Waals surface area contributed by atoms with E-state index in [4.69, 9.17) is 4.55 Å². The number of carbonyl (C=O) groups excluding carboxylic acids is 3. The highest BCUT2D eigenvalue weighted by Gasteiger charge is 2.65. The summed E-state index contributed by atoms with van der Waals surface area (Å²) in [5.74, 6) is -0.732. The highest BCUT2D eigenvalue weighted by Crippen LogP contribution is 2.64. The van der Waals surface area contributed by atoms with Crippen LogP contribution < -0.4 is 5.32 Å². The van der Waals surface area contributed by atoms with E-state index in [-0.39, 0.29) is 28.9 Å². The lowest BCUT2D eigenvalue weighted by Crippen LogP contribution is -2.42. The second-order valence-electron chi connectivity index (χ2n) is 8.89. The monoisotopic (exact) mass is 429 g/mol. The first kappa shape index (κ1) is 20.7. The van der Waals surface area contributed by atoms with Crippen LogP contribution in [0.25, 0.3) is 10.8 Å². The molecule has 2 fully saturated rings. The minimum absolute atomic E-state index is 0.0152. The first-order valence-corrected chi connectivity index (χ1v) is 11.4. The number of carbonyl (C=O) groups is 3. The Morgan fingerprint density at radius 3 is 2.03 bits per heavy atom. The summed E-state index contributed by atoms with van der Waals surface area (Å²) in [6, 6.07) is 10.9. The van der Waals surface area contributed by atoms with Crippen molar-refractivity contribution >= 4 is 38.5 Å². The maximum absolute atomic E-state index is 11.9. The molecule has 0 radical (unpaired) electrons. The number of hydrogen-bond donors (Lipinski definition) is 2. The van der Waals surface area contributed by atoms with E-state index in [9.17, 15) is 22.8 Å². The third-order valence-corrected chi connectivity index (χ3v) is 8.05. The Balaban J connectivity index is 0.000000145. The number of rotatable bonds is 2. The molecule has 2 bridgehead atoms. The lowest BCUT2D eigenvalue weighted by Gasteiger charge is -2.35. The lowest BCUT2D eigenvalue weighted by molar-refractivity contribution is -0.128. The van der Waals surface area contributed by atoms with Crippen molar-refractivity contribution < 1.29 is 27.4 Å². The highest BCUT2D eigenvalue weighted by atomic mass is 32.2. The number of Topliss-reactive ketones (excluding diaryl/α,β-unsaturated/α-hetero) is 1. The summed E-state index contributed by atoms with van der Waals surface area (Å²) in [6.45, 7) is 3.89. The molecule has 2 aromatic carbocycles. The van der Waals surface area contributed by atoms with Crippen molar-refractivity contribution in [3.8, 4) is 0 Å². The fourth-order valence-electron chi connectivity index (χ4n) is 5.38. The fraction of sp³-hybridized carbons (Fsp3) is 0.409. The topological polar surface area (TPSA) is 118 Å². The predicted octanol–water partition coefficient (Wildman–Crippen LogP) is 2.99. The normalized spacial score (nSPS) is 26.4. The van der Waals surface area contributed by atoms with Gasteiger partial charge in [0.2, 0.25) is 0 Å². The molecule has 1 aliphatic heterocycles. The molecule has 5 rings (SSSR count). The molecule has 2 aromatic rings. The van der Waals surface area contributed by atoms with Crippen LogP contribution in [0.1, 0.15) is 53.8 Å². The van der Waals surface area contributed by atoms with Crippen LogP contribution in [0.5, 0.6) is 0 Å². The van der Waals surface area contributed by atoms with Crippen molar-refractivity contribution in [3.63, 3.8) is 0 Å². The molecule has 30 heavy (non-hydrogen) atoms. The van der Waals surface area contributed by atoms with Gasteiger partial charge in [0.15, 0.2) is 0 Å². The first-order chi connectivity index (χ1) is 14.0. The largest absolute Gasteiger partial charge is 0.299 e. The van der Waals surface area contributed by atoms with Gasteiger partial charge in [0.25, 0.3) is 21.9 Å². The average molecular weight is 429 g/mol. The van der Waals surface area contributed by atoms with E-state index in [0.29, 0.717) is 24.0 Å². The Bertz CT molecular complexity index is 1150. The molecule has 8 heteroatoms. The summed E-state index contributed by atoms with van der Waals surface area (Å²) in [5.41, 5.74) is 0.0240. The van der Waals surface area contributed by atoms with Crippen LogP contribution in [-0.4, -0.2) is 36.3 Å². The van der Waals surface area contributed by atoms with Gasteiger partial charge in [0.1, 0.15) is 5.78 Å². The zero-order chi connectivity index (χ0) is 21.9. The lowest BCUT2D eigenvalue weighted by atomic mass is 9.70. The Hall–Kier alpha value is -2.58. The Morgan fingerprint density at radius 2 is 1.60 bits per heavy atom. The minimum Gasteiger partial charge on any atom is -0.299 e. The number of benzene rings is 2. The summed E-state index contributed by atoms with van der Waals surface area (Å²) in [7, 11) is -4.08. The first-order valence-electron chi connectivity index (χ1n) is 9.82. The second-order valence-corrected chi connectivity index (χ2v) is 10.3. The molecule has 3 aliphatic rings. The number of fused-ring (bicyclic) bond motifs is 2. The number of ketones is 1. The van der Waals surface area contributed by atoms with E-state index < -0.39 is 21.3 Å². The van der Waals surface area contributed by atoms with E-state index >= 15 is 0 Å². The zero-order valence-electron chi connectivity index (χ0n) is 16.8. The summed E-state index contributed by atoms with van der Waals surface area (Å²) in [6.07, 6.45) is 1.97. The van der Waals surface area contributed by atoms with Crippen LogP contribution in [0, 0.1) is 16.7 Å². The molecular weight excluding hydrogens is 406 g/mol. The van der Waals surface area contributed by atoms with E-state index in [2.05, 4.69) is 5.32 Å². The molecule has 2 saturated carbocycles. The quantitative estimate of drug-likeness (QED) is 0.560. The molecule has 7 nitrogen and oxygen atoms in total. The molecule has 2 unspecified atom stereocenters. The SMILES string of the molecule is CC1(C)C2CCC1(CS(=O)(=O)O)C(=O)C2.O=C1NC(=O)c2cccc3cccc1c23. The van der Waals surface area contributed by atoms with Crippen LogP contribution >= 0.6 is 0 Å². The van der Waals surface area contributed by atoms with Gasteiger partial charge in [-0.05, 0) is 41.7 Å². The maximum Gasteiger partial charge on any atom is 0.265 e. The van der Waals surface area contributed by atoms with Gasteiger partial charge >= 0.3 is 0 Å². The number of imide groups is 1. The van der Waals surface area contributed by atoms with Gasteiger partial charge in [-0.15, -0.1) is 0 Å². The standard InChI is InChI=1S/C12H7NO2.C10H16O4S/c14-11-8-5-1-3-7-4-2-6-9(10(7)8)12(15)13-11;1-9(2)7-3-4-10(9,8(11)5-7)6-15(12,13)14/h1-6H,(H,13,14,15);7H,3-6H2,1-2H3,(H,12,13,14). The van der Waals surface area contributed by atoms with Gasteiger partial charge in [-0.25, -0.2) is 0 Å². The molecular formula is C22H23NO6S. The minimum atomic E-state index is -4.08. The van der Waals surface area contributed by atoms with Gasteiger partial charge in [0, 0.05) is 22.9 Å². The van der Waals surface area contributed by atoms with Crippen molar-refractivity contribution in [2.45, 2.75) is 33.1 Å². The highest BCUT2D eigenvalue weighted by molar-refractivity contribution is 7.85. The molecule has 0 spiro atoms. The van der Waals surface area contributed by atoms with Crippen LogP contribution in [-0.2, 0) is 14.9 Å². The van der Waals surface area contributed by atoms with Gasteiger partial charge in [0.05, 0.1) is 11.2 Å². The van der Waals surface area contributed by atoms with E-state index in [1.165, 1.54) is 0 Å². The van der Waals surface area contributed by atoms with Crippen molar-refractivity contribution in [1.82, 2.24) is 5.32 Å². The van der Waals surface area contributed by atoms with Crippen molar-refractivity contribution in [3.05, 3.63) is 47.5 Å². The summed E-state index contributed by atoms with van der Waals surface area (Å²) in [4.78, 5) is 35.0. The molecule has 0 aromatic heterocycles. The summed E-state index contributed by atoms with van der Waals surface area (Å²) in [5, 5.41) is 4.00. The van der Waals surface area contributed by atoms with Crippen LogP contribution in [0.2, 0.25) is 0 Å². The van der Waals surface area contributed by atoms with E-state index in [1.54, 1.807) is 12.1 Å². The molecule has 2 N–H and O–H groups in total.